The van der Waals surface area contributed by atoms with E-state index in [1.165, 1.54) is 30.6 Å². The molecular formula is C29H24N6O6S. The van der Waals surface area contributed by atoms with Gasteiger partial charge >= 0.3 is 6.03 Å². The molecule has 212 valence electrons. The fourth-order valence-electron chi connectivity index (χ4n) is 6.26. The Bertz CT molecular complexity index is 1760. The number of fused-ring (bicyclic) bond motifs is 5. The van der Waals surface area contributed by atoms with E-state index in [1.54, 1.807) is 30.3 Å². The zero-order valence-electron chi connectivity index (χ0n) is 22.4. The summed E-state index contributed by atoms with van der Waals surface area (Å²) < 4.78 is 6.24. The number of nitro groups is 1. The van der Waals surface area contributed by atoms with Crippen molar-refractivity contribution < 1.29 is 24.0 Å². The Morgan fingerprint density at radius 2 is 1.86 bits per heavy atom. The number of non-ortho nitro benzene ring substituents is 1. The molecule has 3 aliphatic rings. The summed E-state index contributed by atoms with van der Waals surface area (Å²) >= 11 is 1.53. The van der Waals surface area contributed by atoms with Crippen LogP contribution in [0.1, 0.15) is 5.56 Å². The van der Waals surface area contributed by atoms with Crippen LogP contribution in [0.3, 0.4) is 0 Å². The van der Waals surface area contributed by atoms with Crippen LogP contribution in [0.25, 0.3) is 10.2 Å². The summed E-state index contributed by atoms with van der Waals surface area (Å²) in [5.74, 6) is -0.862. The Morgan fingerprint density at radius 1 is 1.07 bits per heavy atom. The van der Waals surface area contributed by atoms with Gasteiger partial charge in [0.1, 0.15) is 5.75 Å². The van der Waals surface area contributed by atoms with Gasteiger partial charge in [-0.1, -0.05) is 23.5 Å². The number of nitrogens with one attached hydrogen (secondary N) is 1. The van der Waals surface area contributed by atoms with Gasteiger partial charge in [0.25, 0.3) is 11.6 Å². The number of anilines is 3. The van der Waals surface area contributed by atoms with Crippen LogP contribution in [0, 0.1) is 15.5 Å². The van der Waals surface area contributed by atoms with Gasteiger partial charge < -0.3 is 14.5 Å². The topological polar surface area (TPSA) is 138 Å². The highest BCUT2D eigenvalue weighted by Crippen LogP contribution is 2.48. The average Bonchev–Trinajstić information content (AvgIpc) is 3.44. The minimum absolute atomic E-state index is 0.108. The molecule has 2 atom stereocenters. The number of imide groups is 2. The number of carbonyl (C=O) groups excluding carboxylic acids is 3. The maximum Gasteiger partial charge on any atom is 0.335 e. The molecule has 42 heavy (non-hydrogen) atoms. The van der Waals surface area contributed by atoms with Crippen molar-refractivity contribution in [1.29, 1.82) is 0 Å². The highest BCUT2D eigenvalue weighted by atomic mass is 32.1. The molecule has 1 aromatic heterocycles. The fraction of sp³-hybridized carbons (Fsp3) is 0.241. The minimum Gasteiger partial charge on any atom is -0.497 e. The molecule has 0 bridgehead atoms. The molecule has 4 aromatic rings. The number of barbiturate groups is 1. The number of benzene rings is 3. The van der Waals surface area contributed by atoms with Gasteiger partial charge in [-0.3, -0.25) is 25.0 Å². The number of ether oxygens (including phenoxy) is 1. The smallest absolute Gasteiger partial charge is 0.335 e. The second-order valence-electron chi connectivity index (χ2n) is 10.4. The molecule has 2 saturated heterocycles. The van der Waals surface area contributed by atoms with Crippen LogP contribution >= 0.6 is 11.3 Å². The van der Waals surface area contributed by atoms with Crippen molar-refractivity contribution in [3.05, 3.63) is 82.4 Å². The van der Waals surface area contributed by atoms with Crippen molar-refractivity contribution in [3.63, 3.8) is 0 Å². The molecule has 3 aliphatic heterocycles. The third kappa shape index (κ3) is 3.80. The summed E-state index contributed by atoms with van der Waals surface area (Å²) in [6, 6.07) is 17.2. The number of amides is 4. The number of urea groups is 1. The van der Waals surface area contributed by atoms with E-state index in [1.807, 2.05) is 29.2 Å². The first kappa shape index (κ1) is 25.9. The number of nitro benzene ring substituents is 1. The quantitative estimate of drug-likeness (QED) is 0.216. The summed E-state index contributed by atoms with van der Waals surface area (Å²) in [6.07, 6.45) is -0.108. The lowest BCUT2D eigenvalue weighted by molar-refractivity contribution is -0.384. The van der Waals surface area contributed by atoms with Crippen LogP contribution in [0.2, 0.25) is 0 Å². The molecule has 0 saturated carbocycles. The molecule has 7 rings (SSSR count). The van der Waals surface area contributed by atoms with Crippen LogP contribution in [-0.4, -0.2) is 60.5 Å². The number of hydrogen-bond donors (Lipinski definition) is 1. The van der Waals surface area contributed by atoms with Gasteiger partial charge in [-0.2, -0.15) is 0 Å². The number of carbonyl (C=O) groups is 3. The van der Waals surface area contributed by atoms with Crippen molar-refractivity contribution in [2.24, 2.45) is 5.41 Å². The second-order valence-corrected chi connectivity index (χ2v) is 11.4. The molecule has 1 N–H and O–H groups in total. The normalized spacial score (nSPS) is 21.8. The Hall–Kier alpha value is -5.04. The Balaban J connectivity index is 1.36. The minimum atomic E-state index is -1.74. The zero-order valence-corrected chi connectivity index (χ0v) is 23.2. The van der Waals surface area contributed by atoms with Crippen molar-refractivity contribution in [2.75, 3.05) is 41.4 Å². The Labute approximate surface area is 243 Å². The zero-order chi connectivity index (χ0) is 29.2. The number of thiazole rings is 1. The molecule has 3 aromatic carbocycles. The lowest BCUT2D eigenvalue weighted by atomic mass is 9.67. The van der Waals surface area contributed by atoms with Crippen LogP contribution < -0.4 is 24.8 Å². The monoisotopic (exact) mass is 584 g/mol. The third-order valence-corrected chi connectivity index (χ3v) is 9.40. The van der Waals surface area contributed by atoms with Gasteiger partial charge in [0, 0.05) is 43.9 Å². The van der Waals surface area contributed by atoms with Gasteiger partial charge in [0.05, 0.1) is 34.0 Å². The number of aromatic nitrogens is 1. The van der Waals surface area contributed by atoms with Gasteiger partial charge in [0.2, 0.25) is 5.91 Å². The van der Waals surface area contributed by atoms with E-state index in [-0.39, 0.29) is 24.3 Å². The summed E-state index contributed by atoms with van der Waals surface area (Å²) in [6.45, 7) is 1.27. The Morgan fingerprint density at radius 3 is 2.60 bits per heavy atom. The summed E-state index contributed by atoms with van der Waals surface area (Å²) in [7, 11) is 1.51. The standard InChI is InChI=1S/C29H24N6O6S/c1-41-20-9-6-18(7-10-20)34-26(37)29(25(36)31-27(34)38)15-17-14-19(35(39)40)8-11-22(17)33-13-12-32(16-24(29)33)28-30-21-4-2-3-5-23(21)42-28/h2-11,14,24H,12-13,15-16H2,1H3,(H,31,36,38)/t24-,29-/m1/s1. The maximum absolute atomic E-state index is 14.6. The molecule has 4 heterocycles. The lowest BCUT2D eigenvalue weighted by Crippen LogP contribution is -2.75. The summed E-state index contributed by atoms with van der Waals surface area (Å²) in [5, 5.41) is 14.8. The van der Waals surface area contributed by atoms with Gasteiger partial charge in [-0.05, 0) is 48.0 Å². The van der Waals surface area contributed by atoms with E-state index in [2.05, 4.69) is 10.2 Å². The third-order valence-electron chi connectivity index (χ3n) is 8.30. The molecule has 0 unspecified atom stereocenters. The van der Waals surface area contributed by atoms with Gasteiger partial charge in [-0.25, -0.2) is 14.7 Å². The summed E-state index contributed by atoms with van der Waals surface area (Å²) in [4.78, 5) is 62.6. The predicted molar refractivity (Wildman–Crippen MR) is 156 cm³/mol. The molecule has 4 amide bonds. The molecule has 2 fully saturated rings. The molecule has 0 aliphatic carbocycles. The molecule has 1 spiro atoms. The molecule has 0 radical (unpaired) electrons. The largest absolute Gasteiger partial charge is 0.497 e. The van der Waals surface area contributed by atoms with Crippen molar-refractivity contribution in [1.82, 2.24) is 10.3 Å². The molecular weight excluding hydrogens is 560 g/mol. The van der Waals surface area contributed by atoms with Gasteiger partial charge in [-0.15, -0.1) is 0 Å². The van der Waals surface area contributed by atoms with E-state index in [0.717, 1.165) is 25.9 Å². The van der Waals surface area contributed by atoms with E-state index >= 15 is 0 Å². The fourth-order valence-corrected chi connectivity index (χ4v) is 7.26. The van der Waals surface area contributed by atoms with Crippen molar-refractivity contribution >= 4 is 61.6 Å². The maximum atomic E-state index is 14.6. The number of nitrogens with zero attached hydrogens (tertiary/aromatic N) is 5. The SMILES string of the molecule is COc1ccc(N2C(=O)NC(=O)[C@]3(Cc4cc([N+](=O)[O-])ccc4N4CCN(c5nc6ccccc6s5)C[C@@H]43)C2=O)cc1. The second kappa shape index (κ2) is 9.52. The first-order valence-corrected chi connectivity index (χ1v) is 14.1. The number of methoxy groups -OCH3 is 1. The first-order chi connectivity index (χ1) is 20.3. The number of piperazine rings is 1. The first-order valence-electron chi connectivity index (χ1n) is 13.3. The van der Waals surface area contributed by atoms with Crippen LogP contribution in [0.5, 0.6) is 5.75 Å². The van der Waals surface area contributed by atoms with Crippen LogP contribution in [0.4, 0.5) is 27.0 Å². The summed E-state index contributed by atoms with van der Waals surface area (Å²) in [5.41, 5.74) is 0.488. The predicted octanol–water partition coefficient (Wildman–Crippen LogP) is 3.73. The number of para-hydroxylation sites is 1. The van der Waals surface area contributed by atoms with Crippen LogP contribution in [-0.2, 0) is 16.0 Å². The van der Waals surface area contributed by atoms with E-state index in [9.17, 15) is 24.5 Å². The van der Waals surface area contributed by atoms with Crippen LogP contribution in [0.15, 0.2) is 66.7 Å². The number of hydrogen-bond acceptors (Lipinski definition) is 10. The van der Waals surface area contributed by atoms with Crippen molar-refractivity contribution in [3.8, 4) is 5.75 Å². The highest BCUT2D eigenvalue weighted by Gasteiger charge is 2.63. The average molecular weight is 585 g/mol. The number of rotatable bonds is 4. The van der Waals surface area contributed by atoms with E-state index in [0.29, 0.717) is 24.4 Å². The van der Waals surface area contributed by atoms with Gasteiger partial charge in [0.15, 0.2) is 10.5 Å². The molecule has 12 nitrogen and oxygen atoms in total. The van der Waals surface area contributed by atoms with Crippen molar-refractivity contribution in [2.45, 2.75) is 12.5 Å². The van der Waals surface area contributed by atoms with E-state index < -0.39 is 34.2 Å². The lowest BCUT2D eigenvalue weighted by Gasteiger charge is -2.55. The Kier molecular flexibility index (Phi) is 5.87. The van der Waals surface area contributed by atoms with E-state index in [4.69, 9.17) is 9.72 Å². The highest BCUT2D eigenvalue weighted by molar-refractivity contribution is 7.22. The molecule has 13 heteroatoms.